The van der Waals surface area contributed by atoms with Gasteiger partial charge in [0.25, 0.3) is 0 Å². The number of nitrogens with zero attached hydrogens (tertiary/aromatic N) is 4. The average Bonchev–Trinajstić information content (AvgIpc) is 3.37. The van der Waals surface area contributed by atoms with Crippen LogP contribution < -0.4 is 11.1 Å². The SMILES string of the molecule is Nc1nc(NCC2CC2)c2ncn(C=C3CC3CO)c2n1. The van der Waals surface area contributed by atoms with E-state index in [4.69, 9.17) is 10.8 Å². The molecule has 2 aliphatic rings. The standard InChI is InChI=1S/C14H18N6O/c15-14-18-12(16-4-8-1-2-8)11-13(19-14)20(7-17-11)5-9-3-10(9)6-21/h5,7-8,10,21H,1-4,6H2,(H3,15,16,18,19). The van der Waals surface area contributed by atoms with Crippen LogP contribution in [0, 0.1) is 11.8 Å². The minimum Gasteiger partial charge on any atom is -0.396 e. The number of nitrogens with two attached hydrogens (primary N) is 1. The molecule has 0 bridgehead atoms. The Bertz CT molecular complexity index is 718. The Kier molecular flexibility index (Phi) is 2.81. The van der Waals surface area contributed by atoms with Crippen LogP contribution in [-0.4, -0.2) is 37.8 Å². The van der Waals surface area contributed by atoms with E-state index < -0.39 is 0 Å². The molecule has 0 saturated heterocycles. The summed E-state index contributed by atoms with van der Waals surface area (Å²) < 4.78 is 1.86. The van der Waals surface area contributed by atoms with Crippen LogP contribution in [0.5, 0.6) is 0 Å². The number of aromatic nitrogens is 4. The Labute approximate surface area is 121 Å². The van der Waals surface area contributed by atoms with E-state index in [1.54, 1.807) is 6.33 Å². The van der Waals surface area contributed by atoms with Crippen molar-refractivity contribution >= 4 is 29.1 Å². The first-order chi connectivity index (χ1) is 10.2. The third kappa shape index (κ3) is 2.44. The van der Waals surface area contributed by atoms with E-state index in [9.17, 15) is 0 Å². The lowest BCUT2D eigenvalue weighted by atomic mass is 10.4. The van der Waals surface area contributed by atoms with Gasteiger partial charge in [-0.2, -0.15) is 9.97 Å². The molecule has 7 heteroatoms. The van der Waals surface area contributed by atoms with Crippen LogP contribution in [-0.2, 0) is 0 Å². The smallest absolute Gasteiger partial charge is 0.224 e. The van der Waals surface area contributed by atoms with Gasteiger partial charge in [-0.15, -0.1) is 0 Å². The molecule has 2 aromatic rings. The molecular weight excluding hydrogens is 268 g/mol. The van der Waals surface area contributed by atoms with Gasteiger partial charge in [0, 0.05) is 25.3 Å². The highest BCUT2D eigenvalue weighted by Crippen LogP contribution is 2.38. The Morgan fingerprint density at radius 3 is 3.00 bits per heavy atom. The van der Waals surface area contributed by atoms with Gasteiger partial charge in [0.2, 0.25) is 5.95 Å². The predicted molar refractivity (Wildman–Crippen MR) is 80.4 cm³/mol. The number of aliphatic hydroxyl groups is 1. The molecule has 1 unspecified atom stereocenters. The van der Waals surface area contributed by atoms with Gasteiger partial charge in [-0.3, -0.25) is 4.57 Å². The molecule has 4 rings (SSSR count). The molecule has 0 amide bonds. The first-order valence-corrected chi connectivity index (χ1v) is 7.30. The summed E-state index contributed by atoms with van der Waals surface area (Å²) in [5, 5.41) is 12.4. The number of anilines is 2. The van der Waals surface area contributed by atoms with Crippen molar-refractivity contribution in [2.24, 2.45) is 11.8 Å². The van der Waals surface area contributed by atoms with Crippen LogP contribution in [0.4, 0.5) is 11.8 Å². The highest BCUT2D eigenvalue weighted by atomic mass is 16.3. The number of aliphatic hydroxyl groups excluding tert-OH is 1. The van der Waals surface area contributed by atoms with E-state index in [1.165, 1.54) is 18.4 Å². The highest BCUT2D eigenvalue weighted by Gasteiger charge is 2.29. The second-order valence-electron chi connectivity index (χ2n) is 5.87. The van der Waals surface area contributed by atoms with Crippen LogP contribution in [0.15, 0.2) is 11.9 Å². The first-order valence-electron chi connectivity index (χ1n) is 7.30. The molecule has 2 aromatic heterocycles. The molecule has 0 aliphatic heterocycles. The fourth-order valence-electron chi connectivity index (χ4n) is 2.46. The van der Waals surface area contributed by atoms with Crippen molar-refractivity contribution in [3.05, 3.63) is 11.9 Å². The van der Waals surface area contributed by atoms with Crippen molar-refractivity contribution in [2.45, 2.75) is 19.3 Å². The van der Waals surface area contributed by atoms with E-state index >= 15 is 0 Å². The number of hydrogen-bond donors (Lipinski definition) is 3. The molecule has 0 spiro atoms. The van der Waals surface area contributed by atoms with Gasteiger partial charge in [0.1, 0.15) is 6.33 Å². The number of rotatable bonds is 5. The number of fused-ring (bicyclic) bond motifs is 1. The van der Waals surface area contributed by atoms with Gasteiger partial charge >= 0.3 is 0 Å². The van der Waals surface area contributed by atoms with Crippen LogP contribution in [0.2, 0.25) is 0 Å². The van der Waals surface area contributed by atoms with E-state index in [1.807, 2.05) is 10.8 Å². The number of imidazole rings is 1. The molecule has 21 heavy (non-hydrogen) atoms. The summed E-state index contributed by atoms with van der Waals surface area (Å²) in [6, 6.07) is 0. The third-order valence-corrected chi connectivity index (χ3v) is 4.07. The second kappa shape index (κ2) is 4.70. The predicted octanol–water partition coefficient (Wildman–Crippen LogP) is 1.08. The molecule has 2 heterocycles. The topological polar surface area (TPSA) is 102 Å². The molecule has 1 atom stereocenters. The van der Waals surface area contributed by atoms with Crippen molar-refractivity contribution in [1.29, 1.82) is 0 Å². The fourth-order valence-corrected chi connectivity index (χ4v) is 2.46. The largest absolute Gasteiger partial charge is 0.396 e. The maximum absolute atomic E-state index is 9.11. The molecule has 0 radical (unpaired) electrons. The van der Waals surface area contributed by atoms with Crippen LogP contribution in [0.1, 0.15) is 19.3 Å². The number of hydrogen-bond acceptors (Lipinski definition) is 6. The minimum atomic E-state index is 0.198. The summed E-state index contributed by atoms with van der Waals surface area (Å²) >= 11 is 0. The van der Waals surface area contributed by atoms with Crippen molar-refractivity contribution in [3.63, 3.8) is 0 Å². The quantitative estimate of drug-likeness (QED) is 0.760. The average molecular weight is 286 g/mol. The van der Waals surface area contributed by atoms with Gasteiger partial charge in [0.05, 0.1) is 0 Å². The summed E-state index contributed by atoms with van der Waals surface area (Å²) in [5.41, 5.74) is 8.46. The van der Waals surface area contributed by atoms with Crippen molar-refractivity contribution in [1.82, 2.24) is 19.5 Å². The van der Waals surface area contributed by atoms with E-state index in [0.29, 0.717) is 11.5 Å². The van der Waals surface area contributed by atoms with E-state index in [-0.39, 0.29) is 18.5 Å². The zero-order chi connectivity index (χ0) is 14.4. The Morgan fingerprint density at radius 2 is 2.29 bits per heavy atom. The molecule has 2 saturated carbocycles. The number of nitrogens with one attached hydrogen (secondary N) is 1. The summed E-state index contributed by atoms with van der Waals surface area (Å²) in [6.07, 6.45) is 7.19. The van der Waals surface area contributed by atoms with Crippen LogP contribution >= 0.6 is 0 Å². The zero-order valence-corrected chi connectivity index (χ0v) is 11.7. The molecule has 2 aliphatic carbocycles. The summed E-state index contributed by atoms with van der Waals surface area (Å²) in [4.78, 5) is 13.0. The van der Waals surface area contributed by atoms with Gasteiger partial charge in [-0.25, -0.2) is 4.98 Å². The zero-order valence-electron chi connectivity index (χ0n) is 11.7. The molecular formula is C14H18N6O. The second-order valence-corrected chi connectivity index (χ2v) is 5.87. The van der Waals surface area contributed by atoms with Crippen LogP contribution in [0.3, 0.4) is 0 Å². The van der Waals surface area contributed by atoms with Gasteiger partial charge in [-0.1, -0.05) is 0 Å². The lowest BCUT2D eigenvalue weighted by molar-refractivity contribution is 0.281. The summed E-state index contributed by atoms with van der Waals surface area (Å²) in [7, 11) is 0. The first kappa shape index (κ1) is 12.6. The Balaban J connectivity index is 1.68. The highest BCUT2D eigenvalue weighted by molar-refractivity contribution is 5.85. The molecule has 2 fully saturated rings. The van der Waals surface area contributed by atoms with E-state index in [2.05, 4.69) is 20.3 Å². The Morgan fingerprint density at radius 1 is 1.43 bits per heavy atom. The lowest BCUT2D eigenvalue weighted by Crippen LogP contribution is -2.08. The summed E-state index contributed by atoms with van der Waals surface area (Å²) in [6.45, 7) is 1.11. The maximum Gasteiger partial charge on any atom is 0.224 e. The van der Waals surface area contributed by atoms with Crippen molar-refractivity contribution < 1.29 is 5.11 Å². The summed E-state index contributed by atoms with van der Waals surface area (Å²) in [5.74, 6) is 1.98. The van der Waals surface area contributed by atoms with E-state index in [0.717, 1.165) is 24.4 Å². The molecule has 7 nitrogen and oxygen atoms in total. The van der Waals surface area contributed by atoms with Gasteiger partial charge in [-0.05, 0) is 30.8 Å². The fraction of sp³-hybridized carbons (Fsp3) is 0.500. The molecule has 4 N–H and O–H groups in total. The maximum atomic E-state index is 9.11. The van der Waals surface area contributed by atoms with Crippen LogP contribution in [0.25, 0.3) is 17.4 Å². The van der Waals surface area contributed by atoms with Gasteiger partial charge < -0.3 is 16.2 Å². The Hall–Kier alpha value is -2.15. The van der Waals surface area contributed by atoms with Gasteiger partial charge in [0.15, 0.2) is 17.0 Å². The normalized spacial score (nSPS) is 22.9. The lowest BCUT2D eigenvalue weighted by Gasteiger charge is -2.06. The number of nitrogen functional groups attached to an aromatic ring is 1. The third-order valence-electron chi connectivity index (χ3n) is 4.07. The van der Waals surface area contributed by atoms with Crippen molar-refractivity contribution in [3.8, 4) is 0 Å². The molecule has 0 aromatic carbocycles. The monoisotopic (exact) mass is 286 g/mol. The van der Waals surface area contributed by atoms with Crippen molar-refractivity contribution in [2.75, 3.05) is 24.2 Å². The molecule has 110 valence electrons. The minimum absolute atomic E-state index is 0.198.